The maximum Gasteiger partial charge on any atom is 0.253 e. The lowest BCUT2D eigenvalue weighted by atomic mass is 10.0. The van der Waals surface area contributed by atoms with Gasteiger partial charge in [0, 0.05) is 36.3 Å². The van der Waals surface area contributed by atoms with E-state index in [0.717, 1.165) is 33.5 Å². The van der Waals surface area contributed by atoms with Crippen LogP contribution in [-0.4, -0.2) is 38.3 Å². The number of benzene rings is 3. The quantitative estimate of drug-likeness (QED) is 0.442. The zero-order valence-corrected chi connectivity index (χ0v) is 17.9. The van der Waals surface area contributed by atoms with Crippen LogP contribution in [0, 0.1) is 0 Å². The summed E-state index contributed by atoms with van der Waals surface area (Å²) in [6, 6.07) is 21.7. The molecule has 0 unspecified atom stereocenters. The normalized spacial score (nSPS) is 11.5. The van der Waals surface area contributed by atoms with Crippen LogP contribution >= 0.6 is 0 Å². The lowest BCUT2D eigenvalue weighted by Gasteiger charge is -2.11. The van der Waals surface area contributed by atoms with E-state index < -0.39 is 10.0 Å². The highest BCUT2D eigenvalue weighted by molar-refractivity contribution is 7.89. The zero-order chi connectivity index (χ0) is 22.2. The molecule has 0 spiro atoms. The number of H-pyrrole nitrogens is 1. The first-order valence-corrected chi connectivity index (χ1v) is 11.1. The maximum atomic E-state index is 12.0. The summed E-state index contributed by atoms with van der Waals surface area (Å²) in [4.78, 5) is 17.0. The number of hydrogen-bond donors (Lipinski definition) is 3. The number of nitrogens with zero attached hydrogens (tertiary/aromatic N) is 1. The van der Waals surface area contributed by atoms with E-state index >= 15 is 0 Å². The number of hydrogen-bond acceptors (Lipinski definition) is 4. The van der Waals surface area contributed by atoms with Crippen LogP contribution in [0.25, 0.3) is 22.0 Å². The monoisotopic (exact) mass is 434 g/mol. The minimum Gasteiger partial charge on any atom is -0.345 e. The van der Waals surface area contributed by atoms with E-state index in [2.05, 4.69) is 10.3 Å². The molecule has 0 aliphatic carbocycles. The summed E-state index contributed by atoms with van der Waals surface area (Å²) in [5, 5.41) is 9.52. The third-order valence-electron chi connectivity index (χ3n) is 4.97. The summed E-state index contributed by atoms with van der Waals surface area (Å²) in [7, 11) is -0.287. The number of para-hydroxylation sites is 1. The first-order chi connectivity index (χ1) is 14.7. The molecule has 1 heterocycles. The highest BCUT2D eigenvalue weighted by Gasteiger charge is 2.11. The molecule has 0 aliphatic heterocycles. The molecule has 3 aromatic carbocycles. The Balaban J connectivity index is 1.63. The Bertz CT molecular complexity index is 1360. The van der Waals surface area contributed by atoms with Gasteiger partial charge in [-0.3, -0.25) is 4.79 Å². The van der Waals surface area contributed by atoms with Crippen LogP contribution in [0.3, 0.4) is 0 Å². The van der Waals surface area contributed by atoms with Gasteiger partial charge in [0.2, 0.25) is 10.0 Å². The molecule has 4 aromatic rings. The number of fused-ring (bicyclic) bond motifs is 1. The van der Waals surface area contributed by atoms with Crippen molar-refractivity contribution in [3.63, 3.8) is 0 Å². The molecular weight excluding hydrogens is 412 g/mol. The number of nitrogens with one attached hydrogen (secondary N) is 2. The molecule has 4 N–H and O–H groups in total. The van der Waals surface area contributed by atoms with Gasteiger partial charge in [-0.1, -0.05) is 30.3 Å². The predicted octanol–water partition coefficient (Wildman–Crippen LogP) is 3.93. The molecule has 0 fully saturated rings. The fourth-order valence-electron chi connectivity index (χ4n) is 3.40. The van der Waals surface area contributed by atoms with Gasteiger partial charge >= 0.3 is 0 Å². The molecule has 31 heavy (non-hydrogen) atoms. The van der Waals surface area contributed by atoms with Gasteiger partial charge in [-0.05, 0) is 48.0 Å². The highest BCUT2D eigenvalue weighted by atomic mass is 32.2. The molecule has 8 heteroatoms. The minimum absolute atomic E-state index is 0.0461. The molecule has 1 amide bonds. The summed E-state index contributed by atoms with van der Waals surface area (Å²) in [6.07, 6.45) is 0. The Morgan fingerprint density at radius 1 is 0.968 bits per heavy atom. The Kier molecular flexibility index (Phi) is 5.26. The number of sulfonamides is 1. The van der Waals surface area contributed by atoms with E-state index in [1.165, 1.54) is 17.0 Å². The second-order valence-corrected chi connectivity index (χ2v) is 8.99. The summed E-state index contributed by atoms with van der Waals surface area (Å²) >= 11 is 0. The van der Waals surface area contributed by atoms with Crippen molar-refractivity contribution in [3.8, 4) is 11.1 Å². The van der Waals surface area contributed by atoms with Crippen LogP contribution in [0.4, 0.5) is 11.5 Å². The lowest BCUT2D eigenvalue weighted by Crippen LogP contribution is -2.21. The molecule has 0 saturated heterocycles. The van der Waals surface area contributed by atoms with E-state index in [9.17, 15) is 13.2 Å². The van der Waals surface area contributed by atoms with Crippen LogP contribution in [0.1, 0.15) is 10.4 Å². The third kappa shape index (κ3) is 4.30. The third-order valence-corrected chi connectivity index (χ3v) is 5.90. The van der Waals surface area contributed by atoms with Gasteiger partial charge in [0.15, 0.2) is 0 Å². The Labute approximate surface area is 180 Å². The van der Waals surface area contributed by atoms with Gasteiger partial charge in [0.25, 0.3) is 5.91 Å². The van der Waals surface area contributed by atoms with Crippen LogP contribution in [0.15, 0.2) is 77.7 Å². The second kappa shape index (κ2) is 7.90. The van der Waals surface area contributed by atoms with Crippen molar-refractivity contribution >= 4 is 38.3 Å². The van der Waals surface area contributed by atoms with Gasteiger partial charge < -0.3 is 15.2 Å². The van der Waals surface area contributed by atoms with Gasteiger partial charge in [-0.2, -0.15) is 0 Å². The molecule has 0 atom stereocenters. The Morgan fingerprint density at radius 2 is 1.65 bits per heavy atom. The largest absolute Gasteiger partial charge is 0.345 e. The fraction of sp³-hybridized carbons (Fsp3) is 0.0870. The second-order valence-electron chi connectivity index (χ2n) is 7.42. The number of amides is 1. The summed E-state index contributed by atoms with van der Waals surface area (Å²) in [5.74, 6) is 0.755. The van der Waals surface area contributed by atoms with Crippen molar-refractivity contribution in [1.82, 2.24) is 9.88 Å². The topological polar surface area (TPSA) is 108 Å². The molecule has 7 nitrogen and oxygen atoms in total. The molecular formula is C23H22N4O3S. The van der Waals surface area contributed by atoms with Gasteiger partial charge in [-0.25, -0.2) is 13.6 Å². The van der Waals surface area contributed by atoms with E-state index in [0.29, 0.717) is 5.56 Å². The van der Waals surface area contributed by atoms with Gasteiger partial charge in [0.1, 0.15) is 5.82 Å². The number of nitrogens with two attached hydrogens (primary N) is 1. The van der Waals surface area contributed by atoms with Crippen molar-refractivity contribution in [3.05, 3.63) is 78.4 Å². The van der Waals surface area contributed by atoms with Crippen molar-refractivity contribution < 1.29 is 13.2 Å². The molecule has 0 radical (unpaired) electrons. The fourth-order valence-corrected chi connectivity index (χ4v) is 3.91. The number of carbonyl (C=O) groups is 1. The molecule has 0 saturated carbocycles. The minimum atomic E-state index is -3.73. The van der Waals surface area contributed by atoms with E-state index in [-0.39, 0.29) is 10.8 Å². The number of carbonyl (C=O) groups excluding carboxylic acids is 1. The summed E-state index contributed by atoms with van der Waals surface area (Å²) < 4.78 is 23.0. The summed E-state index contributed by atoms with van der Waals surface area (Å²) in [6.45, 7) is 0. The molecule has 0 bridgehead atoms. The summed E-state index contributed by atoms with van der Waals surface area (Å²) in [5.41, 5.74) is 4.21. The Hall–Kier alpha value is -3.62. The van der Waals surface area contributed by atoms with Crippen LogP contribution in [0.2, 0.25) is 0 Å². The molecule has 1 aromatic heterocycles. The Morgan fingerprint density at radius 3 is 2.26 bits per heavy atom. The maximum absolute atomic E-state index is 12.0. The lowest BCUT2D eigenvalue weighted by molar-refractivity contribution is 0.0827. The molecule has 4 rings (SSSR count). The first-order valence-electron chi connectivity index (χ1n) is 9.56. The average molecular weight is 435 g/mol. The van der Waals surface area contributed by atoms with E-state index in [1.807, 2.05) is 36.4 Å². The smallest absolute Gasteiger partial charge is 0.253 e. The molecule has 0 aliphatic rings. The first kappa shape index (κ1) is 20.6. The number of aromatic amines is 1. The standard InChI is InChI=1S/C23H22N4O3S/c1-27(2)23(28)16-6-10-18(11-7-16)25-21-14-17-4-3-5-20(22(17)26-21)15-8-12-19(13-9-15)31(24,29)30/h3-14,25-26H,1-2H3,(H2,24,29,30). The van der Waals surface area contributed by atoms with Crippen LogP contribution in [0.5, 0.6) is 0 Å². The number of aromatic nitrogens is 1. The van der Waals surface area contributed by atoms with Crippen LogP contribution < -0.4 is 10.5 Å². The average Bonchev–Trinajstić information content (AvgIpc) is 3.15. The molecule has 158 valence electrons. The SMILES string of the molecule is CN(C)C(=O)c1ccc(Nc2cc3cccc(-c4ccc(S(N)(=O)=O)cc4)c3[nH]2)cc1. The van der Waals surface area contributed by atoms with E-state index in [4.69, 9.17) is 5.14 Å². The van der Waals surface area contributed by atoms with Crippen molar-refractivity contribution in [1.29, 1.82) is 0 Å². The van der Waals surface area contributed by atoms with Crippen molar-refractivity contribution in [2.75, 3.05) is 19.4 Å². The van der Waals surface area contributed by atoms with Gasteiger partial charge in [0.05, 0.1) is 10.4 Å². The number of primary sulfonamides is 1. The number of rotatable bonds is 5. The number of anilines is 2. The zero-order valence-electron chi connectivity index (χ0n) is 17.1. The van der Waals surface area contributed by atoms with Crippen molar-refractivity contribution in [2.24, 2.45) is 5.14 Å². The predicted molar refractivity (Wildman–Crippen MR) is 123 cm³/mol. The van der Waals surface area contributed by atoms with Crippen LogP contribution in [-0.2, 0) is 10.0 Å². The van der Waals surface area contributed by atoms with E-state index in [1.54, 1.807) is 38.4 Å². The van der Waals surface area contributed by atoms with Crippen molar-refractivity contribution in [2.45, 2.75) is 4.90 Å². The highest BCUT2D eigenvalue weighted by Crippen LogP contribution is 2.31. The van der Waals surface area contributed by atoms with Gasteiger partial charge in [-0.15, -0.1) is 0 Å².